The van der Waals surface area contributed by atoms with Crippen LogP contribution in [0.25, 0.3) is 0 Å². The highest BCUT2D eigenvalue weighted by molar-refractivity contribution is 5.83. The quantitative estimate of drug-likeness (QED) is 0.754. The first-order valence-corrected chi connectivity index (χ1v) is 9.74. The Morgan fingerprint density at radius 1 is 1.12 bits per heavy atom. The summed E-state index contributed by atoms with van der Waals surface area (Å²) in [7, 11) is 0. The highest BCUT2D eigenvalue weighted by atomic mass is 16.2. The minimum absolute atomic E-state index is 0.0695. The molecule has 1 aromatic rings. The first-order valence-electron chi connectivity index (χ1n) is 9.74. The monoisotopic (exact) mass is 356 g/mol. The maximum atomic E-state index is 13.3. The SMILES string of the molecule is CCN(CC)C(C(=O)N1CCN(C(C#N)C(C)C)CC1)c1ccccc1. The second kappa shape index (κ2) is 9.70. The summed E-state index contributed by atoms with van der Waals surface area (Å²) in [5.41, 5.74) is 1.06. The van der Waals surface area contributed by atoms with Gasteiger partial charge in [-0.3, -0.25) is 14.6 Å². The average Bonchev–Trinajstić information content (AvgIpc) is 2.67. The molecule has 0 radical (unpaired) electrons. The van der Waals surface area contributed by atoms with Gasteiger partial charge in [0, 0.05) is 26.2 Å². The topological polar surface area (TPSA) is 50.6 Å². The molecule has 0 spiro atoms. The molecule has 0 aliphatic carbocycles. The lowest BCUT2D eigenvalue weighted by molar-refractivity contribution is -0.139. The van der Waals surface area contributed by atoms with Crippen LogP contribution < -0.4 is 0 Å². The number of likely N-dealkylation sites (N-methyl/N-ethyl adjacent to an activating group) is 1. The fourth-order valence-electron chi connectivity index (χ4n) is 3.78. The molecular formula is C21H32N4O. The maximum Gasteiger partial charge on any atom is 0.244 e. The number of carbonyl (C=O) groups is 1. The Hall–Kier alpha value is -1.90. The Balaban J connectivity index is 2.12. The predicted octanol–water partition coefficient (Wildman–Crippen LogP) is 2.76. The van der Waals surface area contributed by atoms with E-state index >= 15 is 0 Å². The van der Waals surface area contributed by atoms with Gasteiger partial charge in [-0.2, -0.15) is 5.26 Å². The van der Waals surface area contributed by atoms with E-state index in [-0.39, 0.29) is 18.0 Å². The van der Waals surface area contributed by atoms with Crippen molar-refractivity contribution in [2.75, 3.05) is 39.3 Å². The van der Waals surface area contributed by atoms with Crippen LogP contribution in [0.15, 0.2) is 30.3 Å². The third-order valence-electron chi connectivity index (χ3n) is 5.31. The molecule has 1 fully saturated rings. The number of nitrogens with zero attached hydrogens (tertiary/aromatic N) is 4. The molecule has 1 aromatic carbocycles. The summed E-state index contributed by atoms with van der Waals surface area (Å²) in [5.74, 6) is 0.479. The zero-order valence-electron chi connectivity index (χ0n) is 16.6. The van der Waals surface area contributed by atoms with Gasteiger partial charge in [0.15, 0.2) is 0 Å². The van der Waals surface area contributed by atoms with Crippen LogP contribution in [-0.2, 0) is 4.79 Å². The van der Waals surface area contributed by atoms with E-state index in [4.69, 9.17) is 0 Å². The predicted molar refractivity (Wildman–Crippen MR) is 104 cm³/mol. The fourth-order valence-corrected chi connectivity index (χ4v) is 3.78. The molecule has 1 heterocycles. The summed E-state index contributed by atoms with van der Waals surface area (Å²) in [6, 6.07) is 12.2. The third-order valence-corrected chi connectivity index (χ3v) is 5.31. The molecule has 1 saturated heterocycles. The number of carbonyl (C=O) groups excluding carboxylic acids is 1. The molecule has 5 nitrogen and oxygen atoms in total. The number of hydrogen-bond acceptors (Lipinski definition) is 4. The number of benzene rings is 1. The first kappa shape index (κ1) is 20.4. The van der Waals surface area contributed by atoms with Gasteiger partial charge in [0.25, 0.3) is 0 Å². The number of rotatable bonds is 7. The van der Waals surface area contributed by atoms with Crippen LogP contribution >= 0.6 is 0 Å². The zero-order chi connectivity index (χ0) is 19.1. The average molecular weight is 357 g/mol. The molecule has 0 aromatic heterocycles. The van der Waals surface area contributed by atoms with E-state index in [1.54, 1.807) is 0 Å². The van der Waals surface area contributed by atoms with Crippen molar-refractivity contribution in [1.82, 2.24) is 14.7 Å². The van der Waals surface area contributed by atoms with E-state index in [1.807, 2.05) is 35.2 Å². The van der Waals surface area contributed by atoms with E-state index in [9.17, 15) is 10.1 Å². The van der Waals surface area contributed by atoms with E-state index in [2.05, 4.69) is 43.6 Å². The highest BCUT2D eigenvalue weighted by Gasteiger charge is 2.33. The van der Waals surface area contributed by atoms with Crippen molar-refractivity contribution < 1.29 is 4.79 Å². The van der Waals surface area contributed by atoms with Crippen molar-refractivity contribution >= 4 is 5.91 Å². The summed E-state index contributed by atoms with van der Waals surface area (Å²) in [6.07, 6.45) is 0. The van der Waals surface area contributed by atoms with Gasteiger partial charge in [0.05, 0.1) is 6.07 Å². The molecule has 5 heteroatoms. The van der Waals surface area contributed by atoms with Crippen LogP contribution in [0.5, 0.6) is 0 Å². The summed E-state index contributed by atoms with van der Waals surface area (Å²) >= 11 is 0. The molecule has 2 unspecified atom stereocenters. The molecule has 0 N–H and O–H groups in total. The number of amides is 1. The molecule has 142 valence electrons. The van der Waals surface area contributed by atoms with Crippen molar-refractivity contribution in [2.24, 2.45) is 5.92 Å². The lowest BCUT2D eigenvalue weighted by Gasteiger charge is -2.40. The van der Waals surface area contributed by atoms with Crippen LogP contribution in [0.2, 0.25) is 0 Å². The Morgan fingerprint density at radius 3 is 2.15 bits per heavy atom. The minimum Gasteiger partial charge on any atom is -0.338 e. The molecule has 2 atom stereocenters. The van der Waals surface area contributed by atoms with Crippen LogP contribution in [0, 0.1) is 17.2 Å². The molecule has 1 amide bonds. The Bertz CT molecular complexity index is 598. The first-order chi connectivity index (χ1) is 12.5. The van der Waals surface area contributed by atoms with Gasteiger partial charge in [-0.1, -0.05) is 58.0 Å². The zero-order valence-corrected chi connectivity index (χ0v) is 16.6. The van der Waals surface area contributed by atoms with Crippen LogP contribution in [0.3, 0.4) is 0 Å². The van der Waals surface area contributed by atoms with E-state index in [0.29, 0.717) is 19.0 Å². The molecule has 1 aliphatic heterocycles. The molecule has 1 aliphatic rings. The van der Waals surface area contributed by atoms with Crippen LogP contribution in [0.4, 0.5) is 0 Å². The Morgan fingerprint density at radius 2 is 1.69 bits per heavy atom. The fraction of sp³-hybridized carbons (Fsp3) is 0.619. The van der Waals surface area contributed by atoms with Crippen molar-refractivity contribution in [2.45, 2.75) is 39.8 Å². The summed E-state index contributed by atoms with van der Waals surface area (Å²) in [4.78, 5) is 19.7. The largest absolute Gasteiger partial charge is 0.338 e. The van der Waals surface area contributed by atoms with E-state index in [1.165, 1.54) is 0 Å². The maximum absolute atomic E-state index is 13.3. The second-order valence-corrected chi connectivity index (χ2v) is 7.21. The van der Waals surface area contributed by atoms with Gasteiger partial charge in [-0.05, 0) is 24.6 Å². The number of nitriles is 1. The minimum atomic E-state index is -0.227. The number of hydrogen-bond donors (Lipinski definition) is 0. The number of piperazine rings is 1. The second-order valence-electron chi connectivity index (χ2n) is 7.21. The normalized spacial score (nSPS) is 18.0. The van der Waals surface area contributed by atoms with Crippen LogP contribution in [0.1, 0.15) is 39.3 Å². The van der Waals surface area contributed by atoms with Crippen molar-refractivity contribution in [1.29, 1.82) is 5.26 Å². The van der Waals surface area contributed by atoms with Crippen molar-refractivity contribution in [3.05, 3.63) is 35.9 Å². The third kappa shape index (κ3) is 4.63. The summed E-state index contributed by atoms with van der Waals surface area (Å²) < 4.78 is 0. The van der Waals surface area contributed by atoms with Gasteiger partial charge >= 0.3 is 0 Å². The van der Waals surface area contributed by atoms with Gasteiger partial charge < -0.3 is 4.90 Å². The standard InChI is InChI=1S/C21H32N4O/c1-5-23(6-2)20(18-10-8-7-9-11-18)21(26)25-14-12-24(13-15-25)19(16-22)17(3)4/h7-11,17,19-20H,5-6,12-15H2,1-4H3. The molecule has 26 heavy (non-hydrogen) atoms. The van der Waals surface area contributed by atoms with Gasteiger partial charge in [0.2, 0.25) is 5.91 Å². The molecule has 2 rings (SSSR count). The summed E-state index contributed by atoms with van der Waals surface area (Å²) in [5, 5.41) is 9.42. The Labute approximate surface area is 158 Å². The van der Waals surface area contributed by atoms with Crippen molar-refractivity contribution in [3.8, 4) is 6.07 Å². The van der Waals surface area contributed by atoms with Crippen LogP contribution in [-0.4, -0.2) is 65.9 Å². The van der Waals surface area contributed by atoms with Gasteiger partial charge in [0.1, 0.15) is 12.1 Å². The van der Waals surface area contributed by atoms with E-state index in [0.717, 1.165) is 31.7 Å². The van der Waals surface area contributed by atoms with E-state index < -0.39 is 0 Å². The smallest absolute Gasteiger partial charge is 0.244 e. The Kier molecular flexibility index (Phi) is 7.62. The lowest BCUT2D eigenvalue weighted by Crippen LogP contribution is -2.55. The lowest BCUT2D eigenvalue weighted by atomic mass is 10.0. The summed E-state index contributed by atoms with van der Waals surface area (Å²) in [6.45, 7) is 13.0. The van der Waals surface area contributed by atoms with Gasteiger partial charge in [-0.15, -0.1) is 0 Å². The van der Waals surface area contributed by atoms with Crippen molar-refractivity contribution in [3.63, 3.8) is 0 Å². The molecular weight excluding hydrogens is 324 g/mol. The highest BCUT2D eigenvalue weighted by Crippen LogP contribution is 2.24. The molecule has 0 saturated carbocycles. The van der Waals surface area contributed by atoms with Gasteiger partial charge in [-0.25, -0.2) is 0 Å². The molecule has 0 bridgehead atoms.